The lowest BCUT2D eigenvalue weighted by molar-refractivity contribution is 0.111. The van der Waals surface area contributed by atoms with E-state index in [1.807, 2.05) is 19.9 Å². The second-order valence-electron chi connectivity index (χ2n) is 9.22. The zero-order chi connectivity index (χ0) is 28.2. The third-order valence-electron chi connectivity index (χ3n) is 6.35. The third kappa shape index (κ3) is 5.81. The fraction of sp³-hybridized carbons (Fsp3) is 0.286. The van der Waals surface area contributed by atoms with E-state index in [4.69, 9.17) is 9.47 Å². The predicted octanol–water partition coefficient (Wildman–Crippen LogP) is 5.55. The first kappa shape index (κ1) is 27.3. The van der Waals surface area contributed by atoms with Crippen LogP contribution in [0.5, 0.6) is 10.8 Å². The van der Waals surface area contributed by atoms with Gasteiger partial charge in [0, 0.05) is 17.7 Å². The average molecular weight is 568 g/mol. The van der Waals surface area contributed by atoms with Crippen molar-refractivity contribution in [3.05, 3.63) is 93.3 Å². The molecule has 40 heavy (non-hydrogen) atoms. The van der Waals surface area contributed by atoms with Crippen molar-refractivity contribution >= 4 is 23.0 Å². The van der Waals surface area contributed by atoms with Crippen molar-refractivity contribution in [2.75, 3.05) is 19.7 Å². The van der Waals surface area contributed by atoms with Crippen LogP contribution in [0.15, 0.2) is 59.7 Å². The average Bonchev–Trinajstić information content (AvgIpc) is 3.66. The number of hydrogen-bond donors (Lipinski definition) is 0. The Morgan fingerprint density at radius 1 is 1.12 bits per heavy atom. The van der Waals surface area contributed by atoms with E-state index in [0.717, 1.165) is 44.8 Å². The number of carbonyl (C=O) groups excluding carboxylic acids is 1. The first-order valence-electron chi connectivity index (χ1n) is 12.8. The number of aromatic nitrogens is 4. The predicted molar refractivity (Wildman–Crippen MR) is 146 cm³/mol. The van der Waals surface area contributed by atoms with E-state index in [2.05, 4.69) is 10.1 Å². The van der Waals surface area contributed by atoms with E-state index < -0.39 is 17.3 Å². The van der Waals surface area contributed by atoms with Crippen LogP contribution in [0.25, 0.3) is 11.3 Å². The quantitative estimate of drug-likeness (QED) is 0.246. The van der Waals surface area contributed by atoms with E-state index in [1.54, 1.807) is 29.2 Å². The highest BCUT2D eigenvalue weighted by molar-refractivity contribution is 7.14. The van der Waals surface area contributed by atoms with Gasteiger partial charge < -0.3 is 14.4 Å². The topological polar surface area (TPSA) is 91.5 Å². The molecular formula is C28H27F2N5O4S. The van der Waals surface area contributed by atoms with Crippen LogP contribution in [0.3, 0.4) is 0 Å². The molecule has 0 aliphatic carbocycles. The van der Waals surface area contributed by atoms with Gasteiger partial charge in [-0.3, -0.25) is 4.57 Å². The SMILES string of the molecule is CCCCOC(=O)N1CC=C(c2nc(C)c(Oc3ccc(-n4ncn(Cc5c(F)cccc5F)c4=O)cc3)s2)C1. The molecule has 2 aromatic carbocycles. The zero-order valence-corrected chi connectivity index (χ0v) is 22.8. The van der Waals surface area contributed by atoms with Gasteiger partial charge in [-0.15, -0.1) is 0 Å². The number of aryl methyl sites for hydroxylation is 1. The number of thiazole rings is 1. The van der Waals surface area contributed by atoms with Gasteiger partial charge in [0.05, 0.1) is 31.1 Å². The summed E-state index contributed by atoms with van der Waals surface area (Å²) in [6.07, 6.45) is 4.68. The van der Waals surface area contributed by atoms with Crippen molar-refractivity contribution in [1.82, 2.24) is 24.2 Å². The van der Waals surface area contributed by atoms with E-state index in [-0.39, 0.29) is 18.2 Å². The van der Waals surface area contributed by atoms with Gasteiger partial charge in [-0.2, -0.15) is 9.78 Å². The first-order chi connectivity index (χ1) is 19.3. The summed E-state index contributed by atoms with van der Waals surface area (Å²) < 4.78 is 41.7. The van der Waals surface area contributed by atoms with E-state index >= 15 is 0 Å². The molecule has 0 saturated heterocycles. The maximum atomic E-state index is 14.0. The van der Waals surface area contributed by atoms with Gasteiger partial charge in [-0.1, -0.05) is 36.8 Å². The summed E-state index contributed by atoms with van der Waals surface area (Å²) in [6, 6.07) is 10.3. The molecule has 0 fully saturated rings. The molecule has 0 atom stereocenters. The van der Waals surface area contributed by atoms with Gasteiger partial charge in [0.2, 0.25) is 5.06 Å². The van der Waals surface area contributed by atoms with Crippen LogP contribution >= 0.6 is 11.3 Å². The molecule has 5 rings (SSSR count). The van der Waals surface area contributed by atoms with Gasteiger partial charge in [0.1, 0.15) is 28.7 Å². The Hall–Kier alpha value is -4.32. The smallest absolute Gasteiger partial charge is 0.410 e. The van der Waals surface area contributed by atoms with Gasteiger partial charge in [-0.25, -0.2) is 23.4 Å². The number of rotatable bonds is 9. The highest BCUT2D eigenvalue weighted by Gasteiger charge is 2.24. The number of hydrogen-bond acceptors (Lipinski definition) is 7. The molecule has 208 valence electrons. The highest BCUT2D eigenvalue weighted by atomic mass is 32.1. The molecule has 4 aromatic rings. The molecule has 0 saturated carbocycles. The summed E-state index contributed by atoms with van der Waals surface area (Å²) in [5.74, 6) is -0.923. The number of halogens is 2. The van der Waals surface area contributed by atoms with Crippen molar-refractivity contribution in [2.24, 2.45) is 0 Å². The summed E-state index contributed by atoms with van der Waals surface area (Å²) in [4.78, 5) is 31.3. The van der Waals surface area contributed by atoms with E-state index in [1.165, 1.54) is 23.7 Å². The van der Waals surface area contributed by atoms with Crippen LogP contribution in [0, 0.1) is 18.6 Å². The van der Waals surface area contributed by atoms with Gasteiger partial charge in [0.25, 0.3) is 0 Å². The summed E-state index contributed by atoms with van der Waals surface area (Å²) >= 11 is 1.38. The minimum absolute atomic E-state index is 0.208. The Balaban J connectivity index is 1.24. The van der Waals surface area contributed by atoms with Crippen LogP contribution in [0.1, 0.15) is 36.0 Å². The zero-order valence-electron chi connectivity index (χ0n) is 22.0. The van der Waals surface area contributed by atoms with Crippen LogP contribution in [-0.4, -0.2) is 50.0 Å². The van der Waals surface area contributed by atoms with Crippen molar-refractivity contribution in [1.29, 1.82) is 0 Å². The maximum absolute atomic E-state index is 14.0. The molecule has 0 unspecified atom stereocenters. The minimum Gasteiger partial charge on any atom is -0.449 e. The number of nitrogens with zero attached hydrogens (tertiary/aromatic N) is 5. The Morgan fingerprint density at radius 2 is 1.88 bits per heavy atom. The van der Waals surface area contributed by atoms with E-state index in [0.29, 0.717) is 41.9 Å². The Morgan fingerprint density at radius 3 is 2.60 bits per heavy atom. The van der Waals surface area contributed by atoms with Crippen LogP contribution in [0.2, 0.25) is 0 Å². The largest absolute Gasteiger partial charge is 0.449 e. The van der Waals surface area contributed by atoms with Gasteiger partial charge in [-0.05, 0) is 49.7 Å². The minimum atomic E-state index is -0.728. The van der Waals surface area contributed by atoms with Crippen LogP contribution < -0.4 is 10.4 Å². The summed E-state index contributed by atoms with van der Waals surface area (Å²) in [7, 11) is 0. The lowest BCUT2D eigenvalue weighted by Gasteiger charge is -2.15. The molecule has 2 aromatic heterocycles. The van der Waals surface area contributed by atoms with Gasteiger partial charge >= 0.3 is 11.8 Å². The van der Waals surface area contributed by atoms with Crippen molar-refractivity contribution < 1.29 is 23.0 Å². The van der Waals surface area contributed by atoms with Crippen molar-refractivity contribution in [3.63, 3.8) is 0 Å². The van der Waals surface area contributed by atoms with Crippen LogP contribution in [0.4, 0.5) is 13.6 Å². The number of benzene rings is 2. The standard InChI is InChI=1S/C28H27F2N5O4S/c1-3-4-14-38-28(37)33-13-12-19(15-33)25-32-18(2)26(40-25)39-21-10-8-20(9-11-21)35-27(36)34(17-31-35)16-22-23(29)6-5-7-24(22)30/h5-12,17H,3-4,13-16H2,1-2H3. The molecule has 9 nitrogen and oxygen atoms in total. The number of carbonyl (C=O) groups is 1. The first-order valence-corrected chi connectivity index (χ1v) is 13.6. The summed E-state index contributed by atoms with van der Waals surface area (Å²) in [5, 5.41) is 5.47. The molecule has 3 heterocycles. The number of amides is 1. The maximum Gasteiger partial charge on any atom is 0.410 e. The molecule has 0 radical (unpaired) electrons. The number of unbranched alkanes of at least 4 members (excludes halogenated alkanes) is 1. The summed E-state index contributed by atoms with van der Waals surface area (Å²) in [5.41, 5.74) is 1.38. The lowest BCUT2D eigenvalue weighted by Crippen LogP contribution is -2.29. The molecule has 12 heteroatoms. The van der Waals surface area contributed by atoms with E-state index in [9.17, 15) is 18.4 Å². The fourth-order valence-corrected chi connectivity index (χ4v) is 5.06. The Kier molecular flexibility index (Phi) is 8.06. The molecule has 1 amide bonds. The third-order valence-corrected chi connectivity index (χ3v) is 7.46. The second kappa shape index (κ2) is 11.8. The molecule has 0 spiro atoms. The molecule has 0 N–H and O–H groups in total. The normalized spacial score (nSPS) is 13.0. The van der Waals surface area contributed by atoms with Gasteiger partial charge in [0.15, 0.2) is 0 Å². The molecule has 1 aliphatic rings. The van der Waals surface area contributed by atoms with Crippen molar-refractivity contribution in [3.8, 4) is 16.5 Å². The molecule has 0 bridgehead atoms. The fourth-order valence-electron chi connectivity index (χ4n) is 4.09. The Labute approximate surface area is 232 Å². The monoisotopic (exact) mass is 567 g/mol. The molecular weight excluding hydrogens is 540 g/mol. The highest BCUT2D eigenvalue weighted by Crippen LogP contribution is 2.36. The lowest BCUT2D eigenvalue weighted by atomic mass is 10.2. The summed E-state index contributed by atoms with van der Waals surface area (Å²) in [6.45, 7) is 4.93. The van der Waals surface area contributed by atoms with Crippen LogP contribution in [-0.2, 0) is 11.3 Å². The second-order valence-corrected chi connectivity index (χ2v) is 10.2. The molecule has 1 aliphatic heterocycles. The van der Waals surface area contributed by atoms with Crippen molar-refractivity contribution in [2.45, 2.75) is 33.2 Å². The number of ether oxygens (including phenoxy) is 2. The Bertz CT molecular complexity index is 1590.